The van der Waals surface area contributed by atoms with Gasteiger partial charge in [-0.1, -0.05) is 35.9 Å². The van der Waals surface area contributed by atoms with E-state index in [0.29, 0.717) is 6.54 Å². The molecule has 0 aliphatic rings. The highest BCUT2D eigenvalue weighted by molar-refractivity contribution is 5.89. The summed E-state index contributed by atoms with van der Waals surface area (Å²) < 4.78 is 2.05. The maximum Gasteiger partial charge on any atom is 0.319 e. The van der Waals surface area contributed by atoms with Crippen molar-refractivity contribution in [1.29, 1.82) is 0 Å². The van der Waals surface area contributed by atoms with Gasteiger partial charge in [0, 0.05) is 37.2 Å². The summed E-state index contributed by atoms with van der Waals surface area (Å²) in [5, 5.41) is 5.88. The number of nitrogens with one attached hydrogen (secondary N) is 2. The van der Waals surface area contributed by atoms with Crippen molar-refractivity contribution in [3.05, 3.63) is 83.7 Å². The van der Waals surface area contributed by atoms with Gasteiger partial charge in [0.2, 0.25) is 0 Å². The van der Waals surface area contributed by atoms with Crippen LogP contribution in [0.25, 0.3) is 16.9 Å². The second-order valence-electron chi connectivity index (χ2n) is 7.96. The summed E-state index contributed by atoms with van der Waals surface area (Å²) in [5.41, 5.74) is 7.86. The normalized spacial score (nSPS) is 10.8. The number of anilines is 2. The first-order chi connectivity index (χ1) is 14.9. The lowest BCUT2D eigenvalue weighted by Gasteiger charge is -2.13. The van der Waals surface area contributed by atoms with Crippen LogP contribution in [0.4, 0.5) is 16.2 Å². The molecule has 0 unspecified atom stereocenters. The number of nitrogens with zero attached hydrogens (tertiary/aromatic N) is 3. The molecule has 0 fully saturated rings. The topological polar surface area (TPSA) is 61.7 Å². The summed E-state index contributed by atoms with van der Waals surface area (Å²) in [5.74, 6) is 0. The van der Waals surface area contributed by atoms with E-state index in [4.69, 9.17) is 4.98 Å². The predicted octanol–water partition coefficient (Wildman–Crippen LogP) is 5.01. The number of hydrogen-bond donors (Lipinski definition) is 2. The molecule has 0 spiro atoms. The second-order valence-corrected chi connectivity index (χ2v) is 7.96. The monoisotopic (exact) mass is 413 g/mol. The van der Waals surface area contributed by atoms with E-state index in [9.17, 15) is 4.79 Å². The molecule has 0 aliphatic heterocycles. The Balaban J connectivity index is 1.56. The van der Waals surface area contributed by atoms with Gasteiger partial charge < -0.3 is 19.9 Å². The zero-order chi connectivity index (χ0) is 22.0. The predicted molar refractivity (Wildman–Crippen MR) is 127 cm³/mol. The molecule has 0 saturated carbocycles. The maximum absolute atomic E-state index is 12.6. The highest BCUT2D eigenvalue weighted by Gasteiger charge is 2.15. The molecule has 0 saturated heterocycles. The Kier molecular flexibility index (Phi) is 5.62. The van der Waals surface area contributed by atoms with Crippen molar-refractivity contribution < 1.29 is 4.79 Å². The molecule has 0 bridgehead atoms. The zero-order valence-corrected chi connectivity index (χ0v) is 18.3. The van der Waals surface area contributed by atoms with Gasteiger partial charge in [-0.2, -0.15) is 0 Å². The van der Waals surface area contributed by atoms with Crippen molar-refractivity contribution >= 4 is 23.1 Å². The molecule has 2 amide bonds. The fourth-order valence-electron chi connectivity index (χ4n) is 3.49. The van der Waals surface area contributed by atoms with Crippen molar-refractivity contribution in [2.75, 3.05) is 24.3 Å². The SMILES string of the molecule is Cc1ccc(-c2nc3ccc(C)cn3c2CNC(=O)Nc2ccc(N(C)C)cc2)cc1. The summed E-state index contributed by atoms with van der Waals surface area (Å²) in [6.07, 6.45) is 2.05. The van der Waals surface area contributed by atoms with Crippen LogP contribution in [-0.2, 0) is 6.54 Å². The van der Waals surface area contributed by atoms with E-state index < -0.39 is 0 Å². The number of carbonyl (C=O) groups is 1. The summed E-state index contributed by atoms with van der Waals surface area (Å²) in [4.78, 5) is 19.4. The fourth-order valence-corrected chi connectivity index (χ4v) is 3.49. The number of urea groups is 1. The van der Waals surface area contributed by atoms with Crippen LogP contribution in [-0.4, -0.2) is 29.5 Å². The number of amides is 2. The quantitative estimate of drug-likeness (QED) is 0.484. The molecule has 2 aromatic carbocycles. The molecule has 4 aromatic rings. The molecule has 6 nitrogen and oxygen atoms in total. The van der Waals surface area contributed by atoms with Crippen LogP contribution in [0.1, 0.15) is 16.8 Å². The van der Waals surface area contributed by atoms with E-state index in [0.717, 1.165) is 39.5 Å². The van der Waals surface area contributed by atoms with Crippen molar-refractivity contribution in [2.24, 2.45) is 0 Å². The number of imidazole rings is 1. The minimum absolute atomic E-state index is 0.255. The van der Waals surface area contributed by atoms with Gasteiger partial charge in [-0.15, -0.1) is 0 Å². The van der Waals surface area contributed by atoms with Gasteiger partial charge in [0.1, 0.15) is 5.65 Å². The van der Waals surface area contributed by atoms with Crippen LogP contribution >= 0.6 is 0 Å². The molecule has 31 heavy (non-hydrogen) atoms. The van der Waals surface area contributed by atoms with E-state index >= 15 is 0 Å². The molecule has 2 N–H and O–H groups in total. The molecule has 4 rings (SSSR count). The number of pyridine rings is 1. The summed E-state index contributed by atoms with van der Waals surface area (Å²) >= 11 is 0. The smallest absolute Gasteiger partial charge is 0.319 e. The Bertz CT molecular complexity index is 1210. The Morgan fingerprint density at radius 2 is 1.61 bits per heavy atom. The van der Waals surface area contributed by atoms with Crippen LogP contribution in [0.2, 0.25) is 0 Å². The number of rotatable bonds is 5. The Morgan fingerprint density at radius 3 is 2.29 bits per heavy atom. The third-order valence-corrected chi connectivity index (χ3v) is 5.25. The van der Waals surface area contributed by atoms with Crippen LogP contribution in [0.3, 0.4) is 0 Å². The van der Waals surface area contributed by atoms with E-state index in [1.165, 1.54) is 5.56 Å². The molecule has 158 valence electrons. The van der Waals surface area contributed by atoms with Crippen LogP contribution in [0.5, 0.6) is 0 Å². The van der Waals surface area contributed by atoms with Gasteiger partial charge in [0.15, 0.2) is 0 Å². The number of fused-ring (bicyclic) bond motifs is 1. The van der Waals surface area contributed by atoms with Crippen molar-refractivity contribution in [1.82, 2.24) is 14.7 Å². The van der Waals surface area contributed by atoms with E-state index in [1.807, 2.05) is 62.3 Å². The lowest BCUT2D eigenvalue weighted by molar-refractivity contribution is 0.251. The Labute approximate surface area is 182 Å². The minimum Gasteiger partial charge on any atom is -0.378 e. The van der Waals surface area contributed by atoms with Crippen molar-refractivity contribution in [3.8, 4) is 11.3 Å². The fraction of sp³-hybridized carbons (Fsp3) is 0.200. The summed E-state index contributed by atoms with van der Waals surface area (Å²) in [6.45, 7) is 4.47. The van der Waals surface area contributed by atoms with Crippen LogP contribution in [0, 0.1) is 13.8 Å². The van der Waals surface area contributed by atoms with Crippen LogP contribution < -0.4 is 15.5 Å². The number of benzene rings is 2. The lowest BCUT2D eigenvalue weighted by Crippen LogP contribution is -2.28. The highest BCUT2D eigenvalue weighted by Crippen LogP contribution is 2.25. The summed E-state index contributed by atoms with van der Waals surface area (Å²) in [7, 11) is 3.97. The third kappa shape index (κ3) is 4.53. The van der Waals surface area contributed by atoms with Gasteiger partial charge in [0.05, 0.1) is 17.9 Å². The highest BCUT2D eigenvalue weighted by atomic mass is 16.2. The second kappa shape index (κ2) is 8.52. The Morgan fingerprint density at radius 1 is 0.935 bits per heavy atom. The lowest BCUT2D eigenvalue weighted by atomic mass is 10.1. The van der Waals surface area contributed by atoms with E-state index in [1.54, 1.807) is 0 Å². The first-order valence-electron chi connectivity index (χ1n) is 10.3. The van der Waals surface area contributed by atoms with Crippen molar-refractivity contribution in [3.63, 3.8) is 0 Å². The third-order valence-electron chi connectivity index (χ3n) is 5.25. The first kappa shape index (κ1) is 20.5. The molecule has 0 atom stereocenters. The largest absolute Gasteiger partial charge is 0.378 e. The average Bonchev–Trinajstić information content (AvgIpc) is 3.10. The van der Waals surface area contributed by atoms with Crippen molar-refractivity contribution in [2.45, 2.75) is 20.4 Å². The van der Waals surface area contributed by atoms with E-state index in [-0.39, 0.29) is 6.03 Å². The maximum atomic E-state index is 12.6. The van der Waals surface area contributed by atoms with Gasteiger partial charge in [-0.3, -0.25) is 0 Å². The standard InChI is InChI=1S/C25H27N5O/c1-17-5-8-19(9-6-17)24-22(30-16-18(2)7-14-23(30)28-24)15-26-25(31)27-20-10-12-21(13-11-20)29(3)4/h5-14,16H,15H2,1-4H3,(H2,26,27,31). The van der Waals surface area contributed by atoms with Gasteiger partial charge in [0.25, 0.3) is 0 Å². The van der Waals surface area contributed by atoms with E-state index in [2.05, 4.69) is 52.4 Å². The first-order valence-corrected chi connectivity index (χ1v) is 10.3. The minimum atomic E-state index is -0.255. The molecular weight excluding hydrogens is 386 g/mol. The number of aromatic nitrogens is 2. The molecule has 6 heteroatoms. The number of aryl methyl sites for hydroxylation is 2. The average molecular weight is 414 g/mol. The summed E-state index contributed by atoms with van der Waals surface area (Å²) in [6, 6.07) is 19.8. The van der Waals surface area contributed by atoms with Gasteiger partial charge in [-0.25, -0.2) is 9.78 Å². The molecule has 2 aromatic heterocycles. The Hall–Kier alpha value is -3.80. The molecule has 0 radical (unpaired) electrons. The van der Waals surface area contributed by atoms with Crippen LogP contribution in [0.15, 0.2) is 66.9 Å². The zero-order valence-electron chi connectivity index (χ0n) is 18.3. The molecule has 2 heterocycles. The molecule has 0 aliphatic carbocycles. The molecular formula is C25H27N5O. The van der Waals surface area contributed by atoms with Gasteiger partial charge in [-0.05, 0) is 49.7 Å². The number of carbonyl (C=O) groups excluding carboxylic acids is 1. The van der Waals surface area contributed by atoms with Gasteiger partial charge >= 0.3 is 6.03 Å². The number of hydrogen-bond acceptors (Lipinski definition) is 3.